The molecule has 1 aliphatic carbocycles. The van der Waals surface area contributed by atoms with Crippen molar-refractivity contribution in [3.63, 3.8) is 0 Å². The Hall–Kier alpha value is -0.820. The lowest BCUT2D eigenvalue weighted by atomic mass is 9.82. The molecule has 2 rings (SSSR count). The van der Waals surface area contributed by atoms with E-state index < -0.39 is 5.60 Å². The smallest absolute Gasteiger partial charge is 0.0896 e. The number of aliphatic hydroxyl groups is 1. The molecule has 0 bridgehead atoms. The Morgan fingerprint density at radius 3 is 1.93 bits per heavy atom. The minimum Gasteiger partial charge on any atom is -0.385 e. The summed E-state index contributed by atoms with van der Waals surface area (Å²) in [6.45, 7) is 0. The van der Waals surface area contributed by atoms with Crippen LogP contribution in [-0.4, -0.2) is 5.11 Å². The standard InChI is InChI=1S/C14H20O/c15-14(13-9-5-4-6-10-13)11-7-2-1-3-8-12-14/h4-6,9-10,15H,1-3,7-8,11-12H2. The summed E-state index contributed by atoms with van der Waals surface area (Å²) in [4.78, 5) is 0. The molecule has 15 heavy (non-hydrogen) atoms. The van der Waals surface area contributed by atoms with E-state index in [1.165, 1.54) is 19.3 Å². The van der Waals surface area contributed by atoms with Crippen molar-refractivity contribution in [3.8, 4) is 0 Å². The molecule has 1 nitrogen and oxygen atoms in total. The van der Waals surface area contributed by atoms with Crippen LogP contribution in [0.5, 0.6) is 0 Å². The second-order valence-electron chi connectivity index (χ2n) is 4.67. The molecule has 1 heteroatoms. The molecule has 1 N–H and O–H groups in total. The van der Waals surface area contributed by atoms with Gasteiger partial charge in [-0.25, -0.2) is 0 Å². The van der Waals surface area contributed by atoms with Crippen molar-refractivity contribution >= 4 is 0 Å². The highest BCUT2D eigenvalue weighted by atomic mass is 16.3. The summed E-state index contributed by atoms with van der Waals surface area (Å²) in [5.74, 6) is 0. The average Bonchev–Trinajstić information content (AvgIpc) is 2.25. The third-order valence-corrected chi connectivity index (χ3v) is 3.49. The van der Waals surface area contributed by atoms with E-state index in [-0.39, 0.29) is 0 Å². The van der Waals surface area contributed by atoms with E-state index in [0.717, 1.165) is 31.2 Å². The van der Waals surface area contributed by atoms with Gasteiger partial charge in [-0.15, -0.1) is 0 Å². The third kappa shape index (κ3) is 2.60. The maximum Gasteiger partial charge on any atom is 0.0896 e. The molecule has 0 spiro atoms. The van der Waals surface area contributed by atoms with Gasteiger partial charge in [-0.05, 0) is 18.4 Å². The highest BCUT2D eigenvalue weighted by molar-refractivity contribution is 5.22. The van der Waals surface area contributed by atoms with Crippen LogP contribution in [0.4, 0.5) is 0 Å². The monoisotopic (exact) mass is 204 g/mol. The van der Waals surface area contributed by atoms with Crippen molar-refractivity contribution in [2.24, 2.45) is 0 Å². The van der Waals surface area contributed by atoms with Gasteiger partial charge < -0.3 is 5.11 Å². The van der Waals surface area contributed by atoms with Crippen LogP contribution in [0.25, 0.3) is 0 Å². The first-order valence-corrected chi connectivity index (χ1v) is 6.09. The van der Waals surface area contributed by atoms with E-state index in [2.05, 4.69) is 12.1 Å². The molecule has 1 aliphatic rings. The van der Waals surface area contributed by atoms with Gasteiger partial charge in [0, 0.05) is 0 Å². The summed E-state index contributed by atoms with van der Waals surface area (Å²) in [6.07, 6.45) is 8.06. The highest BCUT2D eigenvalue weighted by Crippen LogP contribution is 2.34. The number of benzene rings is 1. The fourth-order valence-electron chi connectivity index (χ4n) is 2.53. The topological polar surface area (TPSA) is 20.2 Å². The van der Waals surface area contributed by atoms with Gasteiger partial charge in [-0.3, -0.25) is 0 Å². The van der Waals surface area contributed by atoms with E-state index in [4.69, 9.17) is 0 Å². The van der Waals surface area contributed by atoms with Gasteiger partial charge in [0.1, 0.15) is 0 Å². The Morgan fingerprint density at radius 1 is 0.800 bits per heavy atom. The molecule has 0 aliphatic heterocycles. The summed E-state index contributed by atoms with van der Waals surface area (Å²) in [7, 11) is 0. The summed E-state index contributed by atoms with van der Waals surface area (Å²) >= 11 is 0. The molecule has 1 saturated carbocycles. The zero-order valence-electron chi connectivity index (χ0n) is 9.28. The van der Waals surface area contributed by atoms with Crippen LogP contribution < -0.4 is 0 Å². The van der Waals surface area contributed by atoms with Gasteiger partial charge in [0.2, 0.25) is 0 Å². The molecular formula is C14H20O. The quantitative estimate of drug-likeness (QED) is 0.740. The van der Waals surface area contributed by atoms with Crippen LogP contribution in [0.3, 0.4) is 0 Å². The summed E-state index contributed by atoms with van der Waals surface area (Å²) < 4.78 is 0. The molecule has 82 valence electrons. The van der Waals surface area contributed by atoms with Crippen LogP contribution in [-0.2, 0) is 5.60 Å². The third-order valence-electron chi connectivity index (χ3n) is 3.49. The lowest BCUT2D eigenvalue weighted by Gasteiger charge is -2.30. The largest absolute Gasteiger partial charge is 0.385 e. The first kappa shape index (κ1) is 10.7. The lowest BCUT2D eigenvalue weighted by molar-refractivity contribution is 0.00961. The van der Waals surface area contributed by atoms with E-state index >= 15 is 0 Å². The Balaban J connectivity index is 2.15. The number of hydrogen-bond acceptors (Lipinski definition) is 1. The maximum absolute atomic E-state index is 10.6. The Labute approximate surface area is 92.1 Å². The van der Waals surface area contributed by atoms with E-state index in [1.54, 1.807) is 0 Å². The lowest BCUT2D eigenvalue weighted by Crippen LogP contribution is -2.26. The minimum atomic E-state index is -0.554. The van der Waals surface area contributed by atoms with Crippen LogP contribution >= 0.6 is 0 Å². The van der Waals surface area contributed by atoms with Crippen LogP contribution in [0.15, 0.2) is 30.3 Å². The molecule has 0 amide bonds. The van der Waals surface area contributed by atoms with E-state index in [9.17, 15) is 5.11 Å². The zero-order valence-corrected chi connectivity index (χ0v) is 9.28. The average molecular weight is 204 g/mol. The first-order chi connectivity index (χ1) is 7.31. The number of hydrogen-bond donors (Lipinski definition) is 1. The Bertz CT molecular complexity index is 283. The van der Waals surface area contributed by atoms with Gasteiger partial charge in [0.25, 0.3) is 0 Å². The van der Waals surface area contributed by atoms with Crippen molar-refractivity contribution < 1.29 is 5.11 Å². The van der Waals surface area contributed by atoms with Crippen molar-refractivity contribution in [2.45, 2.75) is 50.5 Å². The van der Waals surface area contributed by atoms with Crippen molar-refractivity contribution in [2.75, 3.05) is 0 Å². The molecule has 0 aromatic heterocycles. The van der Waals surface area contributed by atoms with Crippen molar-refractivity contribution in [3.05, 3.63) is 35.9 Å². The molecule has 0 atom stereocenters. The SMILES string of the molecule is OC1(c2ccccc2)CCCCCCC1. The number of rotatable bonds is 1. The molecule has 0 heterocycles. The van der Waals surface area contributed by atoms with Crippen molar-refractivity contribution in [1.82, 2.24) is 0 Å². The normalized spacial score (nSPS) is 21.7. The fourth-order valence-corrected chi connectivity index (χ4v) is 2.53. The van der Waals surface area contributed by atoms with Crippen LogP contribution in [0.2, 0.25) is 0 Å². The maximum atomic E-state index is 10.6. The molecule has 1 aromatic rings. The summed E-state index contributed by atoms with van der Waals surface area (Å²) in [5, 5.41) is 10.6. The van der Waals surface area contributed by atoms with E-state index in [0.29, 0.717) is 0 Å². The molecule has 0 saturated heterocycles. The Kier molecular flexibility index (Phi) is 3.42. The minimum absolute atomic E-state index is 0.554. The van der Waals surface area contributed by atoms with Crippen LogP contribution in [0, 0.1) is 0 Å². The Morgan fingerprint density at radius 2 is 1.33 bits per heavy atom. The van der Waals surface area contributed by atoms with E-state index in [1.807, 2.05) is 18.2 Å². The zero-order chi connectivity index (χ0) is 10.6. The molecular weight excluding hydrogens is 184 g/mol. The van der Waals surface area contributed by atoms with Gasteiger partial charge >= 0.3 is 0 Å². The molecule has 1 fully saturated rings. The van der Waals surface area contributed by atoms with Crippen molar-refractivity contribution in [1.29, 1.82) is 0 Å². The highest BCUT2D eigenvalue weighted by Gasteiger charge is 2.28. The predicted molar refractivity (Wildman–Crippen MR) is 62.7 cm³/mol. The first-order valence-electron chi connectivity index (χ1n) is 6.09. The van der Waals surface area contributed by atoms with Crippen LogP contribution in [0.1, 0.15) is 50.5 Å². The van der Waals surface area contributed by atoms with Gasteiger partial charge in [-0.2, -0.15) is 0 Å². The molecule has 1 aromatic carbocycles. The fraction of sp³-hybridized carbons (Fsp3) is 0.571. The summed E-state index contributed by atoms with van der Waals surface area (Å²) in [5.41, 5.74) is 0.550. The molecule has 0 unspecified atom stereocenters. The predicted octanol–water partition coefficient (Wildman–Crippen LogP) is 3.62. The second-order valence-corrected chi connectivity index (χ2v) is 4.67. The van der Waals surface area contributed by atoms with Gasteiger partial charge in [0.15, 0.2) is 0 Å². The van der Waals surface area contributed by atoms with Gasteiger partial charge in [-0.1, -0.05) is 62.4 Å². The van der Waals surface area contributed by atoms with Gasteiger partial charge in [0.05, 0.1) is 5.60 Å². The molecule has 0 radical (unpaired) electrons. The second kappa shape index (κ2) is 4.80. The summed E-state index contributed by atoms with van der Waals surface area (Å²) in [6, 6.07) is 10.2.